The van der Waals surface area contributed by atoms with Crippen LogP contribution in [0.15, 0.2) is 34.6 Å². The molecule has 1 aromatic carbocycles. The van der Waals surface area contributed by atoms with E-state index in [-0.39, 0.29) is 11.7 Å². The van der Waals surface area contributed by atoms with E-state index < -0.39 is 22.8 Å². The van der Waals surface area contributed by atoms with E-state index in [1.54, 1.807) is 49.1 Å². The number of anilines is 1. The number of nitrogens with one attached hydrogen (secondary N) is 1. The average molecular weight is 572 g/mol. The minimum Gasteiger partial charge on any atom is -0.393 e. The van der Waals surface area contributed by atoms with Gasteiger partial charge in [0, 0.05) is 38.1 Å². The molecule has 6 nitrogen and oxygen atoms in total. The first-order valence-corrected chi connectivity index (χ1v) is 15.4. The highest BCUT2D eigenvalue weighted by molar-refractivity contribution is 8.20. The molecule has 1 aromatic rings. The van der Waals surface area contributed by atoms with Gasteiger partial charge in [0.15, 0.2) is 5.60 Å². The molecule has 3 rings (SSSR count). The second-order valence-corrected chi connectivity index (χ2v) is 12.1. The van der Waals surface area contributed by atoms with Gasteiger partial charge in [-0.1, -0.05) is 25.1 Å². The molecule has 1 saturated heterocycles. The van der Waals surface area contributed by atoms with Crippen LogP contribution in [0.3, 0.4) is 0 Å². The van der Waals surface area contributed by atoms with Crippen LogP contribution in [0.1, 0.15) is 45.1 Å². The first-order valence-electron chi connectivity index (χ1n) is 11.9. The van der Waals surface area contributed by atoms with Crippen molar-refractivity contribution in [3.8, 4) is 0 Å². The molecular formula is C24H40F3N3O3S3. The molecule has 2 atom stereocenters. The van der Waals surface area contributed by atoms with Crippen LogP contribution in [0.25, 0.3) is 0 Å². The fourth-order valence-electron chi connectivity index (χ4n) is 3.04. The minimum atomic E-state index is -4.70. The van der Waals surface area contributed by atoms with E-state index in [1.165, 1.54) is 22.8 Å². The number of aliphatic hydroxyl groups is 2. The average Bonchev–Trinajstić information content (AvgIpc) is 2.83. The predicted octanol–water partition coefficient (Wildman–Crippen LogP) is 4.87. The molecule has 2 aliphatic rings. The van der Waals surface area contributed by atoms with Crippen LogP contribution in [0.2, 0.25) is 0 Å². The Labute approximate surface area is 224 Å². The van der Waals surface area contributed by atoms with Gasteiger partial charge in [0.05, 0.1) is 21.3 Å². The molecule has 36 heavy (non-hydrogen) atoms. The van der Waals surface area contributed by atoms with Crippen molar-refractivity contribution >= 4 is 40.4 Å². The molecule has 1 aliphatic carbocycles. The van der Waals surface area contributed by atoms with Crippen molar-refractivity contribution < 1.29 is 27.6 Å². The van der Waals surface area contributed by atoms with Crippen LogP contribution in [0, 0.1) is 0 Å². The Balaban J connectivity index is 0.000000538. The number of halogens is 3. The van der Waals surface area contributed by atoms with Crippen molar-refractivity contribution in [1.82, 2.24) is 9.03 Å². The lowest BCUT2D eigenvalue weighted by Gasteiger charge is -2.36. The van der Waals surface area contributed by atoms with Crippen molar-refractivity contribution in [2.45, 2.75) is 57.4 Å². The molecule has 12 heteroatoms. The van der Waals surface area contributed by atoms with Gasteiger partial charge in [-0.2, -0.15) is 13.2 Å². The Morgan fingerprint density at radius 2 is 1.69 bits per heavy atom. The highest BCUT2D eigenvalue weighted by Gasteiger charge is 2.51. The third-order valence-electron chi connectivity index (χ3n) is 5.74. The molecule has 0 radical (unpaired) electrons. The second-order valence-electron chi connectivity index (χ2n) is 8.50. The minimum absolute atomic E-state index is 0.0648. The zero-order valence-electron chi connectivity index (χ0n) is 21.7. The number of piperazine rings is 1. The first kappa shape index (κ1) is 33.3. The number of aliphatic hydroxyl groups excluding tert-OH is 1. The molecule has 1 heterocycles. The van der Waals surface area contributed by atoms with E-state index in [0.717, 1.165) is 58.1 Å². The van der Waals surface area contributed by atoms with Crippen LogP contribution in [-0.2, 0) is 16.6 Å². The number of nitrogens with zero attached hydrogens (tertiary/aromatic N) is 2. The smallest absolute Gasteiger partial charge is 0.393 e. The predicted molar refractivity (Wildman–Crippen MR) is 148 cm³/mol. The van der Waals surface area contributed by atoms with Crippen LogP contribution in [0.4, 0.5) is 18.9 Å². The number of benzene rings is 1. The number of hydrogen-bond acceptors (Lipinski definition) is 7. The fourth-order valence-corrected chi connectivity index (χ4v) is 4.83. The van der Waals surface area contributed by atoms with Crippen molar-refractivity contribution in [3.63, 3.8) is 0 Å². The molecule has 1 aliphatic heterocycles. The lowest BCUT2D eigenvalue weighted by Crippen LogP contribution is -2.43. The Bertz CT molecular complexity index is 812. The quantitative estimate of drug-likeness (QED) is 0.403. The Morgan fingerprint density at radius 3 is 2.03 bits per heavy atom. The van der Waals surface area contributed by atoms with Crippen molar-refractivity contribution in [3.05, 3.63) is 40.1 Å². The summed E-state index contributed by atoms with van der Waals surface area (Å²) in [5.41, 5.74) is -2.09. The molecule has 3 N–H and O–H groups in total. The molecule has 0 spiro atoms. The monoisotopic (exact) mass is 571 g/mol. The van der Waals surface area contributed by atoms with Gasteiger partial charge >= 0.3 is 6.18 Å². The summed E-state index contributed by atoms with van der Waals surface area (Å²) in [6, 6.07) is 6.03. The van der Waals surface area contributed by atoms with Crippen molar-refractivity contribution in [2.75, 3.05) is 50.6 Å². The summed E-state index contributed by atoms with van der Waals surface area (Å²) in [5.74, 6) is 0. The molecule has 0 amide bonds. The SMILES string of the molecule is CC/C=C(\SC)SN1CCN(c2ccc(C(C)(O)C(F)(F)F)cc2)CC1.CNS(C)=O.OC1CCC1. The molecule has 2 unspecified atom stereocenters. The van der Waals surface area contributed by atoms with E-state index >= 15 is 0 Å². The van der Waals surface area contributed by atoms with Gasteiger partial charge in [0.1, 0.15) is 0 Å². The normalized spacial score (nSPS) is 19.7. The number of hydrogen-bond donors (Lipinski definition) is 3. The molecule has 2 fully saturated rings. The maximum atomic E-state index is 12.9. The summed E-state index contributed by atoms with van der Waals surface area (Å²) in [5, 5.41) is 18.2. The van der Waals surface area contributed by atoms with E-state index in [9.17, 15) is 22.5 Å². The number of rotatable bonds is 7. The summed E-state index contributed by atoms with van der Waals surface area (Å²) in [6.45, 7) is 6.30. The number of thioether (sulfide) groups is 1. The maximum absolute atomic E-state index is 12.9. The molecular weight excluding hydrogens is 531 g/mol. The third kappa shape index (κ3) is 11.3. The van der Waals surface area contributed by atoms with E-state index in [1.807, 2.05) is 0 Å². The van der Waals surface area contributed by atoms with Gasteiger partial charge in [-0.25, -0.2) is 13.2 Å². The van der Waals surface area contributed by atoms with Crippen molar-refractivity contribution in [1.29, 1.82) is 0 Å². The number of alkyl halides is 3. The van der Waals surface area contributed by atoms with Gasteiger partial charge in [-0.05, 0) is 75.6 Å². The largest absolute Gasteiger partial charge is 0.421 e. The summed E-state index contributed by atoms with van der Waals surface area (Å²) >= 11 is 3.51. The molecule has 208 valence electrons. The maximum Gasteiger partial charge on any atom is 0.421 e. The van der Waals surface area contributed by atoms with Gasteiger partial charge in [0.25, 0.3) is 0 Å². The van der Waals surface area contributed by atoms with Gasteiger partial charge in [-0.15, -0.1) is 11.8 Å². The van der Waals surface area contributed by atoms with Gasteiger partial charge < -0.3 is 15.1 Å². The number of allylic oxidation sites excluding steroid dienone is 1. The lowest BCUT2D eigenvalue weighted by atomic mass is 9.95. The summed E-state index contributed by atoms with van der Waals surface area (Å²) < 4.78 is 54.7. The molecule has 1 saturated carbocycles. The lowest BCUT2D eigenvalue weighted by molar-refractivity contribution is -0.258. The topological polar surface area (TPSA) is 76.0 Å². The third-order valence-corrected chi connectivity index (χ3v) is 8.58. The first-order chi connectivity index (χ1) is 16.8. The van der Waals surface area contributed by atoms with Gasteiger partial charge in [-0.3, -0.25) is 0 Å². The van der Waals surface area contributed by atoms with Crippen LogP contribution in [0.5, 0.6) is 0 Å². The standard InChI is InChI=1S/C18H25F3N2OS2.C4H8O.C2H7NOS/c1-4-5-16(25-3)26-23-12-10-22(11-13-23)15-8-6-14(7-9-15)17(2,24)18(19,20)21;5-4-2-1-3-4;1-3-5(2)4/h5-9,24H,4,10-13H2,1-3H3;4-5H,1-3H2;3H,1-2H3/b16-5+;;. The highest BCUT2D eigenvalue weighted by Crippen LogP contribution is 2.39. The fraction of sp³-hybridized carbons (Fsp3) is 0.667. The van der Waals surface area contributed by atoms with Crippen LogP contribution >= 0.6 is 23.7 Å². The summed E-state index contributed by atoms with van der Waals surface area (Å²) in [7, 11) is 0.826. The van der Waals surface area contributed by atoms with Gasteiger partial charge in [0.2, 0.25) is 0 Å². The zero-order chi connectivity index (χ0) is 27.4. The zero-order valence-corrected chi connectivity index (χ0v) is 24.1. The van der Waals surface area contributed by atoms with E-state index in [4.69, 9.17) is 5.11 Å². The van der Waals surface area contributed by atoms with Crippen LogP contribution in [-0.4, -0.2) is 76.7 Å². The highest BCUT2D eigenvalue weighted by atomic mass is 32.2. The Kier molecular flexibility index (Phi) is 15.0. The van der Waals surface area contributed by atoms with Crippen molar-refractivity contribution in [2.24, 2.45) is 0 Å². The molecule has 0 aromatic heterocycles. The van der Waals surface area contributed by atoms with E-state index in [2.05, 4.69) is 33.2 Å². The molecule has 0 bridgehead atoms. The van der Waals surface area contributed by atoms with E-state index in [0.29, 0.717) is 0 Å². The Morgan fingerprint density at radius 1 is 1.19 bits per heavy atom. The summed E-state index contributed by atoms with van der Waals surface area (Å²) in [4.78, 5) is 2.16. The second kappa shape index (κ2) is 16.3. The Hall–Kier alpha value is -0.760. The summed E-state index contributed by atoms with van der Waals surface area (Å²) in [6.07, 6.45) is 5.57. The van der Waals surface area contributed by atoms with Crippen LogP contribution < -0.4 is 9.62 Å².